The van der Waals surface area contributed by atoms with Crippen LogP contribution < -0.4 is 15.6 Å². The zero-order valence-corrected chi connectivity index (χ0v) is 14.9. The van der Waals surface area contributed by atoms with Crippen molar-refractivity contribution >= 4 is 45.8 Å². The van der Waals surface area contributed by atoms with Gasteiger partial charge in [0.25, 0.3) is 0 Å². The molecule has 6 heteroatoms. The van der Waals surface area contributed by atoms with Crippen molar-refractivity contribution in [1.82, 2.24) is 10.4 Å². The number of nitrogens with one attached hydrogen (secondary N) is 2. The summed E-state index contributed by atoms with van der Waals surface area (Å²) in [7, 11) is 4.02. The number of thiocarbonyl (C=S) groups is 1. The second-order valence-corrected chi connectivity index (χ2v) is 6.10. The first kappa shape index (κ1) is 16.9. The highest BCUT2D eigenvalue weighted by Gasteiger charge is 2.03. The molecule has 2 aromatic carbocycles. The molecule has 25 heavy (non-hydrogen) atoms. The second-order valence-electron chi connectivity index (χ2n) is 5.69. The predicted octanol–water partition coefficient (Wildman–Crippen LogP) is 3.62. The normalized spacial score (nSPS) is 10.8. The molecule has 0 saturated heterocycles. The van der Waals surface area contributed by atoms with Crippen LogP contribution in [0.25, 0.3) is 10.9 Å². The molecular formula is C19H19N5S. The van der Waals surface area contributed by atoms with E-state index in [-0.39, 0.29) is 0 Å². The van der Waals surface area contributed by atoms with Gasteiger partial charge in [-0.25, -0.2) is 0 Å². The average Bonchev–Trinajstić information content (AvgIpc) is 2.62. The van der Waals surface area contributed by atoms with Crippen molar-refractivity contribution in [3.05, 3.63) is 66.4 Å². The van der Waals surface area contributed by atoms with Gasteiger partial charge >= 0.3 is 0 Å². The Morgan fingerprint density at radius 1 is 1.08 bits per heavy atom. The van der Waals surface area contributed by atoms with Gasteiger partial charge in [0.05, 0.1) is 17.4 Å². The molecule has 5 nitrogen and oxygen atoms in total. The molecule has 2 N–H and O–H groups in total. The van der Waals surface area contributed by atoms with Crippen LogP contribution in [0.4, 0.5) is 11.4 Å². The number of pyridine rings is 1. The van der Waals surface area contributed by atoms with Gasteiger partial charge in [0.1, 0.15) is 0 Å². The number of rotatable bonds is 4. The van der Waals surface area contributed by atoms with Crippen LogP contribution in [0.15, 0.2) is 65.9 Å². The van der Waals surface area contributed by atoms with Gasteiger partial charge < -0.3 is 10.2 Å². The topological polar surface area (TPSA) is 52.5 Å². The van der Waals surface area contributed by atoms with E-state index < -0.39 is 0 Å². The maximum absolute atomic E-state index is 5.30. The fraction of sp³-hybridized carbons (Fsp3) is 0.105. The van der Waals surface area contributed by atoms with Gasteiger partial charge in [-0.15, -0.1) is 0 Å². The maximum Gasteiger partial charge on any atom is 0.191 e. The van der Waals surface area contributed by atoms with Crippen LogP contribution in [-0.2, 0) is 0 Å². The van der Waals surface area contributed by atoms with Gasteiger partial charge in [-0.2, -0.15) is 5.10 Å². The van der Waals surface area contributed by atoms with Crippen molar-refractivity contribution in [2.24, 2.45) is 5.10 Å². The summed E-state index contributed by atoms with van der Waals surface area (Å²) in [5.74, 6) is 0. The number of anilines is 2. The lowest BCUT2D eigenvalue weighted by atomic mass is 10.2. The van der Waals surface area contributed by atoms with E-state index >= 15 is 0 Å². The lowest BCUT2D eigenvalue weighted by Gasteiger charge is -2.11. The molecule has 0 fully saturated rings. The summed E-state index contributed by atoms with van der Waals surface area (Å²) >= 11 is 5.30. The summed E-state index contributed by atoms with van der Waals surface area (Å²) in [6.45, 7) is 0. The summed E-state index contributed by atoms with van der Waals surface area (Å²) in [5.41, 5.74) is 6.69. The van der Waals surface area contributed by atoms with Crippen molar-refractivity contribution in [1.29, 1.82) is 0 Å². The highest BCUT2D eigenvalue weighted by atomic mass is 32.1. The van der Waals surface area contributed by atoms with E-state index in [1.165, 1.54) is 0 Å². The minimum absolute atomic E-state index is 0.416. The van der Waals surface area contributed by atoms with Crippen LogP contribution in [-0.4, -0.2) is 30.4 Å². The fourth-order valence-electron chi connectivity index (χ4n) is 2.38. The Bertz CT molecular complexity index is 898. The van der Waals surface area contributed by atoms with E-state index in [1.54, 1.807) is 12.4 Å². The van der Waals surface area contributed by atoms with E-state index in [2.05, 4.69) is 25.7 Å². The molecule has 0 aliphatic rings. The van der Waals surface area contributed by atoms with E-state index in [4.69, 9.17) is 12.2 Å². The van der Waals surface area contributed by atoms with Gasteiger partial charge in [0, 0.05) is 31.4 Å². The number of hydrazone groups is 1. The van der Waals surface area contributed by atoms with Crippen molar-refractivity contribution in [2.75, 3.05) is 24.3 Å². The molecule has 0 saturated carbocycles. The summed E-state index contributed by atoms with van der Waals surface area (Å²) < 4.78 is 0. The molecule has 0 atom stereocenters. The third-order valence-corrected chi connectivity index (χ3v) is 3.86. The van der Waals surface area contributed by atoms with Crippen molar-refractivity contribution < 1.29 is 0 Å². The quantitative estimate of drug-likeness (QED) is 0.428. The van der Waals surface area contributed by atoms with E-state index in [0.29, 0.717) is 5.11 Å². The molecule has 0 unspecified atom stereocenters. The van der Waals surface area contributed by atoms with Crippen molar-refractivity contribution in [3.8, 4) is 0 Å². The molecule has 0 radical (unpaired) electrons. The van der Waals surface area contributed by atoms with Crippen LogP contribution in [0.2, 0.25) is 0 Å². The monoisotopic (exact) mass is 349 g/mol. The first-order chi connectivity index (χ1) is 12.1. The fourth-order valence-corrected chi connectivity index (χ4v) is 2.54. The molecule has 0 aliphatic carbocycles. The van der Waals surface area contributed by atoms with Crippen LogP contribution in [0.1, 0.15) is 5.56 Å². The number of aromatic nitrogens is 1. The van der Waals surface area contributed by atoms with E-state index in [0.717, 1.165) is 27.8 Å². The zero-order valence-electron chi connectivity index (χ0n) is 14.1. The minimum atomic E-state index is 0.416. The SMILES string of the molecule is CN(C)c1ccc(/C=N\NC(=S)Nc2cccc3cccnc23)cc1. The Hall–Kier alpha value is -2.99. The van der Waals surface area contributed by atoms with Gasteiger partial charge in [-0.05, 0) is 42.0 Å². The number of nitrogens with zero attached hydrogens (tertiary/aromatic N) is 3. The molecule has 0 spiro atoms. The zero-order chi connectivity index (χ0) is 17.6. The maximum atomic E-state index is 5.30. The number of benzene rings is 2. The number of fused-ring (bicyclic) bond motifs is 1. The molecule has 1 aromatic heterocycles. The molecular weight excluding hydrogens is 330 g/mol. The Labute approximate surface area is 152 Å². The predicted molar refractivity (Wildman–Crippen MR) is 109 cm³/mol. The van der Waals surface area contributed by atoms with Gasteiger partial charge in [-0.3, -0.25) is 10.4 Å². The van der Waals surface area contributed by atoms with Crippen LogP contribution in [0, 0.1) is 0 Å². The first-order valence-electron chi connectivity index (χ1n) is 7.85. The Morgan fingerprint density at radius 2 is 1.84 bits per heavy atom. The molecule has 0 bridgehead atoms. The van der Waals surface area contributed by atoms with Crippen molar-refractivity contribution in [3.63, 3.8) is 0 Å². The molecule has 0 aliphatic heterocycles. The van der Waals surface area contributed by atoms with E-state index in [1.807, 2.05) is 68.7 Å². The van der Waals surface area contributed by atoms with Gasteiger partial charge in [-0.1, -0.05) is 30.3 Å². The largest absolute Gasteiger partial charge is 0.378 e. The Balaban J connectivity index is 1.62. The van der Waals surface area contributed by atoms with Gasteiger partial charge in [0.2, 0.25) is 0 Å². The van der Waals surface area contributed by atoms with Crippen LogP contribution in [0.5, 0.6) is 0 Å². The number of para-hydroxylation sites is 1. The minimum Gasteiger partial charge on any atom is -0.378 e. The van der Waals surface area contributed by atoms with Gasteiger partial charge in [0.15, 0.2) is 5.11 Å². The standard InChI is InChI=1S/C19H19N5S/c1-24(2)16-10-8-14(9-11-16)13-21-23-19(25)22-17-7-3-5-15-6-4-12-20-18(15)17/h3-13H,1-2H3,(H2,22,23,25)/b21-13-. The second kappa shape index (κ2) is 7.72. The third-order valence-electron chi connectivity index (χ3n) is 3.67. The molecule has 3 aromatic rings. The summed E-state index contributed by atoms with van der Waals surface area (Å²) in [4.78, 5) is 6.44. The van der Waals surface area contributed by atoms with Crippen LogP contribution >= 0.6 is 12.2 Å². The lowest BCUT2D eigenvalue weighted by molar-refractivity contribution is 1.05. The molecule has 3 rings (SSSR count). The Morgan fingerprint density at radius 3 is 2.60 bits per heavy atom. The smallest absolute Gasteiger partial charge is 0.191 e. The molecule has 1 heterocycles. The lowest BCUT2D eigenvalue weighted by Crippen LogP contribution is -2.24. The highest BCUT2D eigenvalue weighted by molar-refractivity contribution is 7.80. The molecule has 126 valence electrons. The van der Waals surface area contributed by atoms with E-state index in [9.17, 15) is 0 Å². The summed E-state index contributed by atoms with van der Waals surface area (Å²) in [6.07, 6.45) is 3.49. The van der Waals surface area contributed by atoms with Crippen molar-refractivity contribution in [2.45, 2.75) is 0 Å². The Kier molecular flexibility index (Phi) is 5.20. The molecule has 0 amide bonds. The highest BCUT2D eigenvalue weighted by Crippen LogP contribution is 2.20. The number of hydrogen-bond acceptors (Lipinski definition) is 4. The van der Waals surface area contributed by atoms with Crippen LogP contribution in [0.3, 0.4) is 0 Å². The average molecular weight is 349 g/mol. The summed E-state index contributed by atoms with van der Waals surface area (Å²) in [5, 5.41) is 8.78. The third kappa shape index (κ3) is 4.30. The first-order valence-corrected chi connectivity index (χ1v) is 8.25. The summed E-state index contributed by atoms with van der Waals surface area (Å²) in [6, 6.07) is 17.9. The number of hydrogen-bond donors (Lipinski definition) is 2.